The molecule has 1 amide bonds. The zero-order chi connectivity index (χ0) is 21.8. The summed E-state index contributed by atoms with van der Waals surface area (Å²) in [4.78, 5) is 13.1. The molecule has 4 nitrogen and oxygen atoms in total. The highest BCUT2D eigenvalue weighted by Gasteiger charge is 2.21. The molecule has 0 saturated heterocycles. The molecule has 2 rings (SSSR count). The van der Waals surface area contributed by atoms with Crippen molar-refractivity contribution in [3.63, 3.8) is 0 Å². The summed E-state index contributed by atoms with van der Waals surface area (Å²) in [5, 5.41) is 0. The van der Waals surface area contributed by atoms with Gasteiger partial charge in [0.15, 0.2) is 5.88 Å². The third kappa shape index (κ3) is 8.48. The van der Waals surface area contributed by atoms with Gasteiger partial charge in [-0.3, -0.25) is 4.79 Å². The zero-order valence-corrected chi connectivity index (χ0v) is 18.9. The van der Waals surface area contributed by atoms with Crippen molar-refractivity contribution >= 4 is 11.6 Å². The number of carbonyl (C=O) groups is 1. The number of rotatable bonds is 13. The fraction of sp³-hybridized carbons (Fsp3) is 0.500. The van der Waals surface area contributed by atoms with E-state index in [2.05, 4.69) is 55.2 Å². The minimum absolute atomic E-state index is 0.389. The van der Waals surface area contributed by atoms with Crippen molar-refractivity contribution < 1.29 is 9.53 Å². The van der Waals surface area contributed by atoms with Crippen LogP contribution < -0.4 is 10.6 Å². The van der Waals surface area contributed by atoms with Gasteiger partial charge in [0.25, 0.3) is 0 Å². The fourth-order valence-electron chi connectivity index (χ4n) is 3.68. The van der Waals surface area contributed by atoms with Crippen molar-refractivity contribution in [1.29, 1.82) is 0 Å². The highest BCUT2D eigenvalue weighted by Crippen LogP contribution is 2.30. The highest BCUT2D eigenvalue weighted by molar-refractivity contribution is 5.86. The van der Waals surface area contributed by atoms with E-state index in [0.29, 0.717) is 5.92 Å². The SMILES string of the molecule is CC(C=CCCCCCCCOC1=CCc2ccccc2N1CC(C)C)=CC(N)=O. The molecular weight excluding hydrogens is 372 g/mol. The standard InChI is InChI=1S/C26H38N2O2/c1-21(2)20-28-24-15-11-10-14-23(24)16-17-26(28)30-18-12-8-6-4-5-7-9-13-22(3)19-25(27)29/h9-11,13-15,17,19,21H,4-8,12,16,18,20H2,1-3H3,(H2,27,29). The maximum Gasteiger partial charge on any atom is 0.241 e. The summed E-state index contributed by atoms with van der Waals surface area (Å²) in [7, 11) is 0. The molecule has 0 bridgehead atoms. The van der Waals surface area contributed by atoms with Crippen molar-refractivity contribution in [2.75, 3.05) is 18.1 Å². The highest BCUT2D eigenvalue weighted by atomic mass is 16.5. The Morgan fingerprint density at radius 3 is 2.67 bits per heavy atom. The van der Waals surface area contributed by atoms with Gasteiger partial charge in [0, 0.05) is 18.3 Å². The van der Waals surface area contributed by atoms with Crippen molar-refractivity contribution in [3.8, 4) is 0 Å². The number of anilines is 1. The Balaban J connectivity index is 1.64. The van der Waals surface area contributed by atoms with Crippen LogP contribution >= 0.6 is 0 Å². The van der Waals surface area contributed by atoms with Crippen LogP contribution in [0.5, 0.6) is 0 Å². The van der Waals surface area contributed by atoms with E-state index in [1.165, 1.54) is 43.0 Å². The molecule has 2 N–H and O–H groups in total. The molecule has 0 aliphatic carbocycles. The van der Waals surface area contributed by atoms with E-state index in [0.717, 1.165) is 43.9 Å². The van der Waals surface area contributed by atoms with Crippen LogP contribution in [-0.4, -0.2) is 19.1 Å². The van der Waals surface area contributed by atoms with Crippen LogP contribution in [0, 0.1) is 5.92 Å². The minimum atomic E-state index is -0.389. The number of nitrogens with two attached hydrogens (primary N) is 1. The third-order valence-electron chi connectivity index (χ3n) is 5.11. The molecule has 0 spiro atoms. The van der Waals surface area contributed by atoms with Crippen LogP contribution in [0.3, 0.4) is 0 Å². The quantitative estimate of drug-likeness (QED) is 0.250. The molecule has 1 heterocycles. The Morgan fingerprint density at radius 1 is 1.17 bits per heavy atom. The van der Waals surface area contributed by atoms with Gasteiger partial charge >= 0.3 is 0 Å². The number of carbonyl (C=O) groups excluding carboxylic acids is 1. The normalized spacial score (nSPS) is 14.2. The minimum Gasteiger partial charge on any atom is -0.479 e. The van der Waals surface area contributed by atoms with Crippen LogP contribution in [0.2, 0.25) is 0 Å². The first kappa shape index (κ1) is 23.8. The first-order chi connectivity index (χ1) is 14.5. The molecule has 0 unspecified atom stereocenters. The van der Waals surface area contributed by atoms with E-state index in [1.807, 2.05) is 13.0 Å². The molecule has 0 fully saturated rings. The van der Waals surface area contributed by atoms with Crippen molar-refractivity contribution in [3.05, 3.63) is 65.6 Å². The number of fused-ring (bicyclic) bond motifs is 1. The molecule has 1 aliphatic rings. The molecular formula is C26H38N2O2. The molecule has 1 aromatic carbocycles. The fourth-order valence-corrected chi connectivity index (χ4v) is 3.68. The summed E-state index contributed by atoms with van der Waals surface area (Å²) in [6.45, 7) is 8.15. The molecule has 0 radical (unpaired) electrons. The van der Waals surface area contributed by atoms with Gasteiger partial charge in [0.1, 0.15) is 0 Å². The van der Waals surface area contributed by atoms with Gasteiger partial charge in [-0.2, -0.15) is 0 Å². The van der Waals surface area contributed by atoms with Gasteiger partial charge in [-0.05, 0) is 61.8 Å². The molecule has 1 aromatic rings. The maximum atomic E-state index is 10.8. The monoisotopic (exact) mass is 410 g/mol. The molecule has 0 saturated carbocycles. The third-order valence-corrected chi connectivity index (χ3v) is 5.11. The second kappa shape index (κ2) is 12.9. The van der Waals surface area contributed by atoms with Crippen molar-refractivity contribution in [2.45, 2.75) is 65.7 Å². The second-order valence-electron chi connectivity index (χ2n) is 8.48. The Kier molecular flexibility index (Phi) is 10.3. The summed E-state index contributed by atoms with van der Waals surface area (Å²) >= 11 is 0. The number of amides is 1. The number of hydrogen-bond donors (Lipinski definition) is 1. The Morgan fingerprint density at radius 2 is 1.90 bits per heavy atom. The average Bonchev–Trinajstić information content (AvgIpc) is 2.69. The maximum absolute atomic E-state index is 10.8. The van der Waals surface area contributed by atoms with Crippen LogP contribution in [-0.2, 0) is 16.0 Å². The molecule has 0 atom stereocenters. The number of para-hydroxylation sites is 1. The molecule has 1 aliphatic heterocycles. The van der Waals surface area contributed by atoms with E-state index < -0.39 is 0 Å². The number of unbranched alkanes of at least 4 members (excludes halogenated alkanes) is 5. The van der Waals surface area contributed by atoms with Gasteiger partial charge in [0.05, 0.1) is 6.61 Å². The van der Waals surface area contributed by atoms with E-state index in [1.54, 1.807) is 0 Å². The first-order valence-electron chi connectivity index (χ1n) is 11.3. The molecule has 4 heteroatoms. The Bertz CT molecular complexity index is 762. The van der Waals surface area contributed by atoms with Gasteiger partial charge < -0.3 is 15.4 Å². The number of ether oxygens (including phenoxy) is 1. The molecule has 164 valence electrons. The number of nitrogens with zero attached hydrogens (tertiary/aromatic N) is 1. The Hall–Kier alpha value is -2.49. The van der Waals surface area contributed by atoms with Crippen LogP contribution in [0.15, 0.2) is 60.0 Å². The number of benzene rings is 1. The lowest BCUT2D eigenvalue weighted by Crippen LogP contribution is -2.31. The summed E-state index contributed by atoms with van der Waals surface area (Å²) in [6, 6.07) is 8.63. The molecule has 0 aromatic heterocycles. The van der Waals surface area contributed by atoms with Crippen molar-refractivity contribution in [2.24, 2.45) is 11.7 Å². The summed E-state index contributed by atoms with van der Waals surface area (Å²) in [6.07, 6.45) is 15.7. The molecule has 30 heavy (non-hydrogen) atoms. The van der Waals surface area contributed by atoms with Gasteiger partial charge in [-0.25, -0.2) is 0 Å². The summed E-state index contributed by atoms with van der Waals surface area (Å²) in [5.74, 6) is 1.21. The largest absolute Gasteiger partial charge is 0.479 e. The number of hydrogen-bond acceptors (Lipinski definition) is 3. The van der Waals surface area contributed by atoms with E-state index in [4.69, 9.17) is 10.5 Å². The lowest BCUT2D eigenvalue weighted by atomic mass is 10.0. The predicted octanol–water partition coefficient (Wildman–Crippen LogP) is 5.89. The number of allylic oxidation sites excluding steroid dienone is 4. The predicted molar refractivity (Wildman–Crippen MR) is 126 cm³/mol. The van der Waals surface area contributed by atoms with Crippen LogP contribution in [0.1, 0.15) is 64.9 Å². The van der Waals surface area contributed by atoms with Crippen LogP contribution in [0.25, 0.3) is 0 Å². The lowest BCUT2D eigenvalue weighted by Gasteiger charge is -2.33. The lowest BCUT2D eigenvalue weighted by molar-refractivity contribution is -0.113. The van der Waals surface area contributed by atoms with Gasteiger partial charge in [-0.15, -0.1) is 0 Å². The summed E-state index contributed by atoms with van der Waals surface area (Å²) < 4.78 is 6.19. The topological polar surface area (TPSA) is 55.6 Å². The first-order valence-corrected chi connectivity index (χ1v) is 11.3. The van der Waals surface area contributed by atoms with E-state index in [-0.39, 0.29) is 5.91 Å². The van der Waals surface area contributed by atoms with Crippen molar-refractivity contribution in [1.82, 2.24) is 0 Å². The average molecular weight is 411 g/mol. The Labute approximate surface area is 182 Å². The van der Waals surface area contributed by atoms with E-state index >= 15 is 0 Å². The summed E-state index contributed by atoms with van der Waals surface area (Å²) in [5.41, 5.74) is 8.71. The zero-order valence-electron chi connectivity index (χ0n) is 18.9. The van der Waals surface area contributed by atoms with E-state index in [9.17, 15) is 4.79 Å². The smallest absolute Gasteiger partial charge is 0.241 e. The second-order valence-corrected chi connectivity index (χ2v) is 8.48. The van der Waals surface area contributed by atoms with Crippen LogP contribution in [0.4, 0.5) is 5.69 Å². The van der Waals surface area contributed by atoms with Gasteiger partial charge in [0.2, 0.25) is 5.91 Å². The van der Waals surface area contributed by atoms with Gasteiger partial charge in [-0.1, -0.05) is 63.5 Å². The number of primary amides is 1.